The molecule has 25 heavy (non-hydrogen) atoms. The first kappa shape index (κ1) is 21.2. The summed E-state index contributed by atoms with van der Waals surface area (Å²) in [5.41, 5.74) is -0.835. The van der Waals surface area contributed by atoms with Crippen molar-refractivity contribution in [3.05, 3.63) is 12.7 Å². The highest BCUT2D eigenvalue weighted by atomic mass is 79.9. The van der Waals surface area contributed by atoms with E-state index in [4.69, 9.17) is 9.16 Å². The highest BCUT2D eigenvalue weighted by Crippen LogP contribution is 2.61. The second kappa shape index (κ2) is 6.79. The van der Waals surface area contributed by atoms with Gasteiger partial charge < -0.3 is 9.16 Å². The number of esters is 1. The van der Waals surface area contributed by atoms with Crippen LogP contribution in [0, 0.1) is 11.3 Å². The molecular weight excluding hydrogens is 396 g/mol. The topological polar surface area (TPSA) is 35.5 Å². The van der Waals surface area contributed by atoms with Gasteiger partial charge in [0.1, 0.15) is 10.4 Å². The molecule has 1 heterocycles. The van der Waals surface area contributed by atoms with E-state index in [0.29, 0.717) is 5.92 Å². The maximum atomic E-state index is 12.6. The maximum absolute atomic E-state index is 12.6. The molecule has 144 valence electrons. The van der Waals surface area contributed by atoms with E-state index in [2.05, 4.69) is 70.2 Å². The van der Waals surface area contributed by atoms with Gasteiger partial charge in [0.05, 0.1) is 6.10 Å². The normalized spacial score (nSPS) is 39.0. The molecule has 1 saturated carbocycles. The minimum atomic E-state index is -1.97. The number of hydrogen-bond acceptors (Lipinski definition) is 3. The number of hydrogen-bond donors (Lipinski definition) is 0. The molecule has 0 unspecified atom stereocenters. The summed E-state index contributed by atoms with van der Waals surface area (Å²) in [6, 6.07) is 0. The van der Waals surface area contributed by atoms with Crippen LogP contribution in [0.1, 0.15) is 60.3 Å². The van der Waals surface area contributed by atoms with Crippen molar-refractivity contribution in [2.45, 2.75) is 95.0 Å². The molecule has 0 radical (unpaired) electrons. The number of halogens is 1. The molecule has 0 aromatic rings. The zero-order valence-corrected chi connectivity index (χ0v) is 19.5. The number of allylic oxidation sites excluding steroid dienone is 1. The Hall–Kier alpha value is -0.133. The highest BCUT2D eigenvalue weighted by molar-refractivity contribution is 9.10. The second-order valence-corrected chi connectivity index (χ2v) is 15.3. The summed E-state index contributed by atoms with van der Waals surface area (Å²) in [5, 5.41) is 0.127. The third kappa shape index (κ3) is 3.18. The highest BCUT2D eigenvalue weighted by Gasteiger charge is 2.70. The van der Waals surface area contributed by atoms with Crippen LogP contribution < -0.4 is 0 Å². The predicted octanol–water partition coefficient (Wildman–Crippen LogP) is 5.84. The Labute approximate surface area is 163 Å². The summed E-state index contributed by atoms with van der Waals surface area (Å²) in [6.45, 7) is 19.7. The third-order valence-corrected chi connectivity index (χ3v) is 13.1. The van der Waals surface area contributed by atoms with E-state index in [9.17, 15) is 4.79 Å². The van der Waals surface area contributed by atoms with Crippen LogP contribution >= 0.6 is 15.9 Å². The average molecular weight is 431 g/mol. The fraction of sp³-hybridized carbons (Fsp3) is 0.850. The molecule has 2 aliphatic rings. The number of carbonyl (C=O) groups excluding carboxylic acids is 1. The van der Waals surface area contributed by atoms with Crippen molar-refractivity contribution in [1.82, 2.24) is 0 Å². The predicted molar refractivity (Wildman–Crippen MR) is 110 cm³/mol. The molecular formula is C20H35BrO3Si. The van der Waals surface area contributed by atoms with Gasteiger partial charge in [-0.05, 0) is 49.7 Å². The number of alkyl halides is 1. The van der Waals surface area contributed by atoms with Crippen LogP contribution in [0.2, 0.25) is 18.1 Å². The van der Waals surface area contributed by atoms with Crippen LogP contribution in [-0.4, -0.2) is 30.8 Å². The van der Waals surface area contributed by atoms with Crippen LogP contribution in [0.15, 0.2) is 12.7 Å². The molecule has 2 rings (SSSR count). The van der Waals surface area contributed by atoms with Gasteiger partial charge in [-0.2, -0.15) is 0 Å². The van der Waals surface area contributed by atoms with Gasteiger partial charge in [0.15, 0.2) is 8.32 Å². The van der Waals surface area contributed by atoms with Crippen molar-refractivity contribution in [1.29, 1.82) is 0 Å². The molecule has 3 nitrogen and oxygen atoms in total. The lowest BCUT2D eigenvalue weighted by atomic mass is 9.56. The van der Waals surface area contributed by atoms with Crippen molar-refractivity contribution >= 4 is 30.2 Å². The Morgan fingerprint density at radius 3 is 2.52 bits per heavy atom. The average Bonchev–Trinajstić information content (AvgIpc) is 2.70. The Bertz CT molecular complexity index is 542. The molecule has 0 aromatic carbocycles. The van der Waals surface area contributed by atoms with Gasteiger partial charge in [0, 0.05) is 5.41 Å². The molecule has 5 heteroatoms. The Balaban J connectivity index is 2.49. The largest absolute Gasteiger partial charge is 0.455 e. The first-order chi connectivity index (χ1) is 11.3. The number of ether oxygens (including phenoxy) is 1. The van der Waals surface area contributed by atoms with E-state index in [0.717, 1.165) is 25.7 Å². The van der Waals surface area contributed by atoms with Crippen molar-refractivity contribution in [2.24, 2.45) is 11.3 Å². The quantitative estimate of drug-likeness (QED) is 0.238. The summed E-state index contributed by atoms with van der Waals surface area (Å²) in [4.78, 5) is 12.4. The van der Waals surface area contributed by atoms with Crippen molar-refractivity contribution in [2.75, 3.05) is 0 Å². The summed E-state index contributed by atoms with van der Waals surface area (Å²) < 4.78 is 13.0. The SMILES string of the molecule is C=CCC[C@@]12OC(=O)[C@@H](Br)[C@]1(C)[C@@H](C)CC[C@H]2O[Si](C)(C)C(C)(C)C. The van der Waals surface area contributed by atoms with Crippen LogP contribution in [-0.2, 0) is 14.0 Å². The fourth-order valence-electron chi connectivity index (χ4n) is 4.30. The van der Waals surface area contributed by atoms with Gasteiger partial charge in [-0.3, -0.25) is 4.79 Å². The molecule has 2 fully saturated rings. The molecule has 0 spiro atoms. The second-order valence-electron chi connectivity index (χ2n) is 9.63. The minimum absolute atomic E-state index is 0.0407. The van der Waals surface area contributed by atoms with Gasteiger partial charge in [-0.1, -0.05) is 56.6 Å². The van der Waals surface area contributed by atoms with Gasteiger partial charge in [-0.15, -0.1) is 6.58 Å². The molecule has 0 amide bonds. The van der Waals surface area contributed by atoms with Gasteiger partial charge >= 0.3 is 5.97 Å². The van der Waals surface area contributed by atoms with E-state index in [1.165, 1.54) is 0 Å². The molecule has 5 atom stereocenters. The standard InChI is InChI=1S/C20H35BrO3Si/c1-9-10-13-20-15(24-25(7,8)18(3,4)5)12-11-14(2)19(20,6)16(21)17(22)23-20/h9,14-16H,1,10-13H2,2-8H3/t14-,15+,16+,19-,20-/m0/s1. The monoisotopic (exact) mass is 430 g/mol. The lowest BCUT2D eigenvalue weighted by Gasteiger charge is -2.56. The van der Waals surface area contributed by atoms with Gasteiger partial charge in [0.25, 0.3) is 0 Å². The van der Waals surface area contributed by atoms with Crippen molar-refractivity contribution < 1.29 is 14.0 Å². The van der Waals surface area contributed by atoms with E-state index < -0.39 is 13.9 Å². The minimum Gasteiger partial charge on any atom is -0.455 e. The Morgan fingerprint density at radius 1 is 1.40 bits per heavy atom. The zero-order valence-electron chi connectivity index (χ0n) is 16.9. The van der Waals surface area contributed by atoms with Crippen molar-refractivity contribution in [3.63, 3.8) is 0 Å². The number of fused-ring (bicyclic) bond motifs is 1. The van der Waals surface area contributed by atoms with Crippen LogP contribution in [0.4, 0.5) is 0 Å². The molecule has 0 aromatic heterocycles. The molecule has 1 aliphatic carbocycles. The number of carbonyl (C=O) groups is 1. The van der Waals surface area contributed by atoms with Crippen LogP contribution in [0.25, 0.3) is 0 Å². The first-order valence-corrected chi connectivity index (χ1v) is 13.3. The zero-order chi connectivity index (χ0) is 19.3. The van der Waals surface area contributed by atoms with E-state index >= 15 is 0 Å². The molecule has 1 saturated heterocycles. The van der Waals surface area contributed by atoms with Crippen molar-refractivity contribution in [3.8, 4) is 0 Å². The lowest BCUT2D eigenvalue weighted by molar-refractivity contribution is -0.186. The van der Waals surface area contributed by atoms with E-state index in [1.807, 2.05) is 6.08 Å². The van der Waals surface area contributed by atoms with Gasteiger partial charge in [0.2, 0.25) is 0 Å². The first-order valence-electron chi connectivity index (χ1n) is 9.49. The summed E-state index contributed by atoms with van der Waals surface area (Å²) in [5.74, 6) is 0.261. The van der Waals surface area contributed by atoms with Crippen LogP contribution in [0.3, 0.4) is 0 Å². The lowest BCUT2D eigenvalue weighted by Crippen LogP contribution is -2.63. The van der Waals surface area contributed by atoms with Gasteiger partial charge in [-0.25, -0.2) is 0 Å². The van der Waals surface area contributed by atoms with E-state index in [1.54, 1.807) is 0 Å². The summed E-state index contributed by atoms with van der Waals surface area (Å²) in [6.07, 6.45) is 5.50. The Kier molecular flexibility index (Phi) is 5.75. The summed E-state index contributed by atoms with van der Waals surface area (Å²) in [7, 11) is -1.97. The molecule has 1 aliphatic heterocycles. The van der Waals surface area contributed by atoms with E-state index in [-0.39, 0.29) is 27.4 Å². The molecule has 0 bridgehead atoms. The molecule has 0 N–H and O–H groups in total. The summed E-state index contributed by atoms with van der Waals surface area (Å²) >= 11 is 3.67. The number of rotatable bonds is 5. The smallest absolute Gasteiger partial charge is 0.321 e. The third-order valence-electron chi connectivity index (χ3n) is 7.30. The Morgan fingerprint density at radius 2 is 2.00 bits per heavy atom. The fourth-order valence-corrected chi connectivity index (χ4v) is 6.60. The maximum Gasteiger partial charge on any atom is 0.321 e. The van der Waals surface area contributed by atoms with Crippen LogP contribution in [0.5, 0.6) is 0 Å².